The molecule has 3 N–H and O–H groups in total. The van der Waals surface area contributed by atoms with E-state index in [-0.39, 0.29) is 29.4 Å². The molecule has 5 rings (SSSR count). The van der Waals surface area contributed by atoms with Crippen molar-refractivity contribution in [1.82, 2.24) is 14.6 Å². The number of benzene rings is 1. The Hall–Kier alpha value is -3.49. The Morgan fingerprint density at radius 3 is 2.76 bits per heavy atom. The molecule has 2 aliphatic heterocycles. The van der Waals surface area contributed by atoms with Crippen LogP contribution in [0.3, 0.4) is 0 Å². The maximum atomic E-state index is 14.7. The molecule has 3 aromatic rings. The Kier molecular flexibility index (Phi) is 7.36. The highest BCUT2D eigenvalue weighted by molar-refractivity contribution is 8.00. The number of piperidine rings is 1. The van der Waals surface area contributed by atoms with Gasteiger partial charge in [0, 0.05) is 37.5 Å². The number of hydrogen-bond acceptors (Lipinski definition) is 6. The zero-order valence-electron chi connectivity index (χ0n) is 21.0. The standard InChI is InChI=1S/C27H28F3N5O2S/c1-31-25(36)17-5-7-19(8-6-17)32-12-3-4-18-14-23-22(33-21-11-13-34(2)15-20(21)28)9-10-24-35(23)26(18)38-27(29,30)16-37-24/h5-10,14,20-21,32-33H,11-13,15-16H2,1-2H3,(H,31,36)/t20-,21+/m1/s1. The second-order valence-electron chi connectivity index (χ2n) is 9.33. The number of hydrogen-bond donors (Lipinski definition) is 3. The van der Waals surface area contributed by atoms with Crippen LogP contribution in [0.1, 0.15) is 22.3 Å². The number of ether oxygens (including phenoxy) is 1. The SMILES string of the molecule is CNC(=O)c1ccc(NCC#Cc2cc3c(N[C@H]4CCN(C)C[C@H]4F)ccc4n3c2SC(F)(F)CO4)cc1. The Bertz CT molecular complexity index is 1400. The summed E-state index contributed by atoms with van der Waals surface area (Å²) in [5.74, 6) is 6.13. The van der Waals surface area contributed by atoms with E-state index in [0.29, 0.717) is 47.1 Å². The molecule has 2 aromatic heterocycles. The summed E-state index contributed by atoms with van der Waals surface area (Å²) in [5, 5.41) is 6.15. The molecule has 0 unspecified atom stereocenters. The molecule has 38 heavy (non-hydrogen) atoms. The number of amides is 1. The minimum atomic E-state index is -3.14. The molecular weight excluding hydrogens is 515 g/mol. The molecule has 0 saturated carbocycles. The van der Waals surface area contributed by atoms with Crippen molar-refractivity contribution in [3.05, 3.63) is 53.6 Å². The molecule has 0 spiro atoms. The summed E-state index contributed by atoms with van der Waals surface area (Å²) >= 11 is 0.413. The molecule has 4 heterocycles. The van der Waals surface area contributed by atoms with Gasteiger partial charge >= 0.3 is 5.25 Å². The highest BCUT2D eigenvalue weighted by atomic mass is 32.2. The summed E-state index contributed by atoms with van der Waals surface area (Å²) in [4.78, 5) is 13.6. The number of pyridine rings is 1. The lowest BCUT2D eigenvalue weighted by Gasteiger charge is -2.33. The number of rotatable bonds is 5. The first-order valence-electron chi connectivity index (χ1n) is 12.3. The third-order valence-electron chi connectivity index (χ3n) is 6.54. The van der Waals surface area contributed by atoms with Gasteiger partial charge < -0.3 is 25.6 Å². The van der Waals surface area contributed by atoms with E-state index in [1.54, 1.807) is 53.9 Å². The zero-order chi connectivity index (χ0) is 26.9. The number of nitrogens with one attached hydrogen (secondary N) is 3. The lowest BCUT2D eigenvalue weighted by atomic mass is 10.0. The highest BCUT2D eigenvalue weighted by Gasteiger charge is 2.38. The van der Waals surface area contributed by atoms with Gasteiger partial charge in [-0.1, -0.05) is 11.8 Å². The molecule has 1 fully saturated rings. The van der Waals surface area contributed by atoms with Crippen LogP contribution >= 0.6 is 11.8 Å². The topological polar surface area (TPSA) is 70.0 Å². The Labute approximate surface area is 223 Å². The van der Waals surface area contributed by atoms with E-state index in [1.165, 1.54) is 0 Å². The van der Waals surface area contributed by atoms with Crippen LogP contribution in [0.2, 0.25) is 0 Å². The fourth-order valence-corrected chi connectivity index (χ4v) is 5.47. The van der Waals surface area contributed by atoms with Crippen molar-refractivity contribution in [2.75, 3.05) is 51.0 Å². The number of aromatic nitrogens is 1. The van der Waals surface area contributed by atoms with Crippen LogP contribution in [0.15, 0.2) is 47.5 Å². The lowest BCUT2D eigenvalue weighted by Crippen LogP contribution is -2.46. The van der Waals surface area contributed by atoms with E-state index in [9.17, 15) is 18.0 Å². The number of carbonyl (C=O) groups is 1. The number of alkyl halides is 3. The summed E-state index contributed by atoms with van der Waals surface area (Å²) in [5.41, 5.74) is 3.00. The predicted octanol–water partition coefficient (Wildman–Crippen LogP) is 4.29. The maximum absolute atomic E-state index is 14.7. The van der Waals surface area contributed by atoms with E-state index in [2.05, 4.69) is 27.8 Å². The summed E-state index contributed by atoms with van der Waals surface area (Å²) < 4.78 is 50.9. The van der Waals surface area contributed by atoms with E-state index >= 15 is 0 Å². The van der Waals surface area contributed by atoms with Crippen molar-refractivity contribution >= 4 is 34.6 Å². The first-order chi connectivity index (χ1) is 18.2. The Morgan fingerprint density at radius 2 is 2.03 bits per heavy atom. The van der Waals surface area contributed by atoms with E-state index < -0.39 is 18.0 Å². The third-order valence-corrected chi connectivity index (χ3v) is 7.55. The quantitative estimate of drug-likeness (QED) is 0.417. The number of carbonyl (C=O) groups excluding carboxylic acids is 1. The monoisotopic (exact) mass is 543 g/mol. The van der Waals surface area contributed by atoms with Crippen molar-refractivity contribution in [3.63, 3.8) is 0 Å². The number of likely N-dealkylation sites (tertiary alicyclic amines) is 1. The average molecular weight is 544 g/mol. The van der Waals surface area contributed by atoms with Gasteiger partial charge in [-0.15, -0.1) is 0 Å². The van der Waals surface area contributed by atoms with Gasteiger partial charge in [0.25, 0.3) is 5.91 Å². The molecule has 0 radical (unpaired) electrons. The largest absolute Gasteiger partial charge is 0.471 e. The fourth-order valence-electron chi connectivity index (χ4n) is 4.57. The number of halogens is 3. The molecule has 11 heteroatoms. The molecule has 2 aliphatic rings. The van der Waals surface area contributed by atoms with Gasteiger partial charge in [0.1, 0.15) is 11.2 Å². The minimum Gasteiger partial charge on any atom is -0.471 e. The fraction of sp³-hybridized carbons (Fsp3) is 0.370. The van der Waals surface area contributed by atoms with Crippen LogP contribution in [-0.4, -0.2) is 73.0 Å². The van der Waals surface area contributed by atoms with Gasteiger partial charge in [-0.25, -0.2) is 4.39 Å². The predicted molar refractivity (Wildman–Crippen MR) is 143 cm³/mol. The lowest BCUT2D eigenvalue weighted by molar-refractivity contribution is 0.0473. The van der Waals surface area contributed by atoms with Crippen molar-refractivity contribution in [1.29, 1.82) is 0 Å². The minimum absolute atomic E-state index is 0.175. The van der Waals surface area contributed by atoms with E-state index in [1.807, 2.05) is 11.9 Å². The van der Waals surface area contributed by atoms with Crippen LogP contribution in [0, 0.1) is 11.8 Å². The first kappa shape index (κ1) is 26.1. The third kappa shape index (κ3) is 5.51. The molecule has 200 valence electrons. The van der Waals surface area contributed by atoms with Gasteiger partial charge in [-0.05, 0) is 61.6 Å². The van der Waals surface area contributed by atoms with Gasteiger partial charge in [0.05, 0.1) is 29.4 Å². The van der Waals surface area contributed by atoms with Crippen molar-refractivity contribution in [2.45, 2.75) is 28.9 Å². The molecule has 0 aliphatic carbocycles. The average Bonchev–Trinajstić information content (AvgIpc) is 3.18. The van der Waals surface area contributed by atoms with Crippen LogP contribution in [0.25, 0.3) is 5.52 Å². The smallest absolute Gasteiger partial charge is 0.332 e. The molecule has 1 saturated heterocycles. The Balaban J connectivity index is 1.41. The maximum Gasteiger partial charge on any atom is 0.332 e. The van der Waals surface area contributed by atoms with Gasteiger partial charge in [-0.3, -0.25) is 9.20 Å². The van der Waals surface area contributed by atoms with Crippen LogP contribution in [-0.2, 0) is 0 Å². The van der Waals surface area contributed by atoms with Crippen molar-refractivity contribution in [3.8, 4) is 17.7 Å². The Morgan fingerprint density at radius 1 is 1.24 bits per heavy atom. The summed E-state index contributed by atoms with van der Waals surface area (Å²) in [6, 6.07) is 11.7. The number of thioether (sulfide) groups is 1. The van der Waals surface area contributed by atoms with E-state index in [0.717, 1.165) is 12.2 Å². The first-order valence-corrected chi connectivity index (χ1v) is 13.1. The normalized spacial score (nSPS) is 20.6. The molecule has 7 nitrogen and oxygen atoms in total. The van der Waals surface area contributed by atoms with Gasteiger partial charge in [0.2, 0.25) is 0 Å². The van der Waals surface area contributed by atoms with E-state index in [4.69, 9.17) is 4.74 Å². The number of anilines is 2. The van der Waals surface area contributed by atoms with Crippen LogP contribution in [0.4, 0.5) is 24.5 Å². The highest BCUT2D eigenvalue weighted by Crippen LogP contribution is 2.44. The van der Waals surface area contributed by atoms with Gasteiger partial charge in [-0.2, -0.15) is 8.78 Å². The van der Waals surface area contributed by atoms with Crippen molar-refractivity contribution < 1.29 is 22.7 Å². The van der Waals surface area contributed by atoms with Crippen LogP contribution < -0.4 is 20.7 Å². The van der Waals surface area contributed by atoms with Crippen molar-refractivity contribution in [2.24, 2.45) is 0 Å². The van der Waals surface area contributed by atoms with Crippen LogP contribution in [0.5, 0.6) is 5.88 Å². The molecule has 2 atom stereocenters. The number of nitrogens with zero attached hydrogens (tertiary/aromatic N) is 2. The molecule has 1 amide bonds. The molecular formula is C27H28F3N5O2S. The summed E-state index contributed by atoms with van der Waals surface area (Å²) in [6.45, 7) is 0.604. The second-order valence-corrected chi connectivity index (χ2v) is 10.5. The summed E-state index contributed by atoms with van der Waals surface area (Å²) in [6.07, 6.45) is -0.422. The zero-order valence-corrected chi connectivity index (χ0v) is 21.8. The molecule has 1 aromatic carbocycles. The molecule has 0 bridgehead atoms. The van der Waals surface area contributed by atoms with Gasteiger partial charge in [0.15, 0.2) is 12.5 Å². The second kappa shape index (κ2) is 10.7. The summed E-state index contributed by atoms with van der Waals surface area (Å²) in [7, 11) is 3.46.